The normalized spacial score (nSPS) is 19.6. The van der Waals surface area contributed by atoms with Crippen molar-refractivity contribution < 1.29 is 14.2 Å². The molecule has 0 aromatic heterocycles. The van der Waals surface area contributed by atoms with Crippen molar-refractivity contribution in [3.8, 4) is 0 Å². The van der Waals surface area contributed by atoms with Crippen LogP contribution in [0.3, 0.4) is 0 Å². The molecule has 1 fully saturated rings. The molecule has 78 valence electrons. The van der Waals surface area contributed by atoms with Gasteiger partial charge in [-0.2, -0.15) is 0 Å². The molecule has 0 saturated heterocycles. The van der Waals surface area contributed by atoms with Crippen LogP contribution in [0.2, 0.25) is 0 Å². The van der Waals surface area contributed by atoms with E-state index in [4.69, 9.17) is 9.90 Å². The Morgan fingerprint density at radius 2 is 1.69 bits per heavy atom. The minimum atomic E-state index is -1.48. The molecule has 0 amide bonds. The van der Waals surface area contributed by atoms with E-state index in [2.05, 4.69) is 30.0 Å². The molecule has 0 radical (unpaired) electrons. The van der Waals surface area contributed by atoms with E-state index in [1.54, 1.807) is 0 Å². The van der Waals surface area contributed by atoms with Crippen molar-refractivity contribution in [2.24, 2.45) is 5.41 Å². The third-order valence-electron chi connectivity index (χ3n) is 2.27. The molecule has 1 N–H and O–H groups in total. The molecule has 0 atom stereocenters. The number of hydrogen-bond donors (Lipinski definition) is 1. The summed E-state index contributed by atoms with van der Waals surface area (Å²) < 4.78 is 3.14. The summed E-state index contributed by atoms with van der Waals surface area (Å²) in [6, 6.07) is 0. The Morgan fingerprint density at radius 3 is 1.85 bits per heavy atom. The topological polar surface area (TPSA) is 46.5 Å². The van der Waals surface area contributed by atoms with Crippen molar-refractivity contribution in [1.82, 2.24) is 0 Å². The number of rotatable bonds is 0. The smallest absolute Gasteiger partial charge is 0.449 e. The Bertz CT molecular complexity index is 149. The highest BCUT2D eigenvalue weighted by molar-refractivity contribution is 6.12. The zero-order valence-electron chi connectivity index (χ0n) is 8.18. The molecule has 1 saturated carbocycles. The van der Waals surface area contributed by atoms with Crippen LogP contribution in [0.4, 0.5) is 4.79 Å². The first-order valence-electron chi connectivity index (χ1n) is 4.49. The summed E-state index contributed by atoms with van der Waals surface area (Å²) in [5, 5.41) is 7.37. The number of carbonyl (C=O) groups is 1. The standard InChI is InChI=1S/C8H16.CHClO3/c1-8(2)6-4-3-5-7-8;2-5-1(3)4/h3-7H2,1-2H3;(H,3,4). The van der Waals surface area contributed by atoms with Gasteiger partial charge in [0.25, 0.3) is 0 Å². The van der Waals surface area contributed by atoms with Crippen LogP contribution in [0.1, 0.15) is 46.0 Å². The van der Waals surface area contributed by atoms with E-state index < -0.39 is 6.16 Å². The summed E-state index contributed by atoms with van der Waals surface area (Å²) in [6.45, 7) is 4.76. The molecule has 3 nitrogen and oxygen atoms in total. The lowest BCUT2D eigenvalue weighted by Crippen LogP contribution is -2.14. The summed E-state index contributed by atoms with van der Waals surface area (Å²) in [5.41, 5.74) is 0.679. The second-order valence-corrected chi connectivity index (χ2v) is 4.22. The number of halogens is 1. The average molecular weight is 209 g/mol. The van der Waals surface area contributed by atoms with Crippen LogP contribution in [-0.2, 0) is 4.29 Å². The van der Waals surface area contributed by atoms with Gasteiger partial charge in [-0.1, -0.05) is 33.1 Å². The summed E-state index contributed by atoms with van der Waals surface area (Å²) in [5.74, 6) is 0. The van der Waals surface area contributed by atoms with Crippen molar-refractivity contribution in [2.45, 2.75) is 46.0 Å². The molecule has 0 aromatic carbocycles. The van der Waals surface area contributed by atoms with Gasteiger partial charge in [0.2, 0.25) is 0 Å². The lowest BCUT2D eigenvalue weighted by molar-refractivity contribution is 0.149. The van der Waals surface area contributed by atoms with E-state index in [0.29, 0.717) is 5.41 Å². The molecule has 1 aliphatic rings. The first-order chi connectivity index (χ1) is 5.98. The maximum atomic E-state index is 9.01. The lowest BCUT2D eigenvalue weighted by atomic mass is 9.78. The second kappa shape index (κ2) is 6.08. The second-order valence-electron chi connectivity index (χ2n) is 4.07. The van der Waals surface area contributed by atoms with Gasteiger partial charge in [-0.3, -0.25) is 0 Å². The van der Waals surface area contributed by atoms with Gasteiger partial charge in [0.05, 0.1) is 0 Å². The van der Waals surface area contributed by atoms with Gasteiger partial charge in [-0.05, 0) is 18.3 Å². The van der Waals surface area contributed by atoms with Gasteiger partial charge in [0.1, 0.15) is 11.9 Å². The number of hydrogen-bond acceptors (Lipinski definition) is 2. The molecule has 1 rings (SSSR count). The fourth-order valence-electron chi connectivity index (χ4n) is 1.51. The predicted molar refractivity (Wildman–Crippen MR) is 51.8 cm³/mol. The molecule has 0 aromatic rings. The monoisotopic (exact) mass is 208 g/mol. The molecule has 0 unspecified atom stereocenters. The molecule has 0 heterocycles. The minimum Gasteiger partial charge on any atom is -0.449 e. The van der Waals surface area contributed by atoms with E-state index in [0.717, 1.165) is 0 Å². The quantitative estimate of drug-likeness (QED) is 0.659. The van der Waals surface area contributed by atoms with E-state index >= 15 is 0 Å². The fraction of sp³-hybridized carbons (Fsp3) is 0.889. The van der Waals surface area contributed by atoms with Crippen LogP contribution < -0.4 is 0 Å². The third-order valence-corrected chi connectivity index (χ3v) is 2.41. The summed E-state index contributed by atoms with van der Waals surface area (Å²) in [6.07, 6.45) is 5.83. The van der Waals surface area contributed by atoms with Crippen molar-refractivity contribution in [2.75, 3.05) is 0 Å². The zero-order chi connectivity index (χ0) is 10.3. The van der Waals surface area contributed by atoms with Crippen molar-refractivity contribution >= 4 is 18.0 Å². The molecule has 0 aliphatic heterocycles. The molecule has 0 bridgehead atoms. The Morgan fingerprint density at radius 1 is 1.31 bits per heavy atom. The van der Waals surface area contributed by atoms with Gasteiger partial charge in [0.15, 0.2) is 0 Å². The first kappa shape index (κ1) is 12.6. The summed E-state index contributed by atoms with van der Waals surface area (Å²) in [4.78, 5) is 9.01. The largest absolute Gasteiger partial charge is 0.524 e. The summed E-state index contributed by atoms with van der Waals surface area (Å²) >= 11 is 4.24. The minimum absolute atomic E-state index is 0.679. The van der Waals surface area contributed by atoms with Crippen molar-refractivity contribution in [3.63, 3.8) is 0 Å². The van der Waals surface area contributed by atoms with E-state index in [1.807, 2.05) is 0 Å². The van der Waals surface area contributed by atoms with Crippen molar-refractivity contribution in [1.29, 1.82) is 0 Å². The Labute approximate surface area is 84.2 Å². The number of carboxylic acid groups (broad SMARTS) is 1. The highest BCUT2D eigenvalue weighted by Gasteiger charge is 2.19. The van der Waals surface area contributed by atoms with Crippen LogP contribution in [0.15, 0.2) is 0 Å². The van der Waals surface area contributed by atoms with Gasteiger partial charge in [-0.25, -0.2) is 4.79 Å². The highest BCUT2D eigenvalue weighted by atomic mass is 35.5. The third kappa shape index (κ3) is 7.91. The van der Waals surface area contributed by atoms with Gasteiger partial charge < -0.3 is 9.40 Å². The van der Waals surface area contributed by atoms with Crippen LogP contribution in [0.5, 0.6) is 0 Å². The summed E-state index contributed by atoms with van der Waals surface area (Å²) in [7, 11) is 0. The van der Waals surface area contributed by atoms with Gasteiger partial charge >= 0.3 is 6.16 Å². The van der Waals surface area contributed by atoms with Crippen LogP contribution in [-0.4, -0.2) is 11.3 Å². The highest BCUT2D eigenvalue weighted by Crippen LogP contribution is 2.34. The van der Waals surface area contributed by atoms with Crippen molar-refractivity contribution in [3.05, 3.63) is 0 Å². The molecule has 0 spiro atoms. The SMILES string of the molecule is CC1(C)CCCCC1.O=C(O)OCl. The Balaban J connectivity index is 0.000000252. The molecule has 13 heavy (non-hydrogen) atoms. The zero-order valence-corrected chi connectivity index (χ0v) is 8.93. The Kier molecular flexibility index (Phi) is 5.88. The van der Waals surface area contributed by atoms with Crippen LogP contribution >= 0.6 is 11.9 Å². The molecular formula is C9H17ClO3. The molecule has 4 heteroatoms. The van der Waals surface area contributed by atoms with E-state index in [9.17, 15) is 0 Å². The fourth-order valence-corrected chi connectivity index (χ4v) is 1.51. The maximum Gasteiger partial charge on any atom is 0.524 e. The maximum absolute atomic E-state index is 9.01. The lowest BCUT2D eigenvalue weighted by Gasteiger charge is -2.28. The van der Waals surface area contributed by atoms with E-state index in [-0.39, 0.29) is 0 Å². The molecular weight excluding hydrogens is 192 g/mol. The first-order valence-corrected chi connectivity index (χ1v) is 4.80. The van der Waals surface area contributed by atoms with Crippen LogP contribution in [0.25, 0.3) is 0 Å². The molecule has 1 aliphatic carbocycles. The van der Waals surface area contributed by atoms with Gasteiger partial charge in [-0.15, -0.1) is 0 Å². The van der Waals surface area contributed by atoms with E-state index in [1.165, 1.54) is 32.1 Å². The Hall–Kier alpha value is -0.440. The van der Waals surface area contributed by atoms with Crippen LogP contribution in [0, 0.1) is 5.41 Å². The predicted octanol–water partition coefficient (Wildman–Crippen LogP) is 3.81. The van der Waals surface area contributed by atoms with Gasteiger partial charge in [0, 0.05) is 0 Å². The average Bonchev–Trinajstić information content (AvgIpc) is 2.05.